The van der Waals surface area contributed by atoms with Gasteiger partial charge in [0.25, 0.3) is 0 Å². The lowest BCUT2D eigenvalue weighted by Gasteiger charge is -2.22. The predicted molar refractivity (Wildman–Crippen MR) is 158 cm³/mol. The molecule has 0 saturated heterocycles. The largest absolute Gasteiger partial charge is 0.647 e. The van der Waals surface area contributed by atoms with E-state index in [4.69, 9.17) is 13.6 Å². The molecule has 0 heterocycles. The highest BCUT2D eigenvalue weighted by atomic mass is 79.9. The van der Waals surface area contributed by atoms with Gasteiger partial charge in [-0.25, -0.2) is 0 Å². The Morgan fingerprint density at radius 2 is 0.719 bits per heavy atom. The highest BCUT2D eigenvalue weighted by Crippen LogP contribution is 2.55. The van der Waals surface area contributed by atoms with Crippen molar-refractivity contribution in [3.8, 4) is 17.2 Å². The molecule has 4 nitrogen and oxygen atoms in total. The second-order valence-electron chi connectivity index (χ2n) is 5.82. The highest BCUT2D eigenvalue weighted by molar-refractivity contribution is 9.14. The Kier molecular flexibility index (Phi) is 10.4. The standard InChI is InChI=1S/C18H6Br9O4P/c19-7-1-10(22)16(25)13(4-7)29-32(28,30-14-5-8(20)2-11(23)17(14)26)31-15-6-9(21)3-12(24)18(15)27/h1-6H. The molecular weight excluding hydrogens is 1030 g/mol. The number of phosphoric acid groups is 1. The van der Waals surface area contributed by atoms with Crippen LogP contribution in [0.5, 0.6) is 17.2 Å². The van der Waals surface area contributed by atoms with Crippen molar-refractivity contribution in [2.24, 2.45) is 0 Å². The first-order valence-corrected chi connectivity index (χ1v) is 16.6. The third-order valence-corrected chi connectivity index (χ3v) is 12.1. The number of rotatable bonds is 6. The Balaban J connectivity index is 2.12. The van der Waals surface area contributed by atoms with E-state index in [9.17, 15) is 4.57 Å². The fourth-order valence-corrected chi connectivity index (χ4v) is 8.34. The molecule has 0 unspecified atom stereocenters. The summed E-state index contributed by atoms with van der Waals surface area (Å²) in [6.45, 7) is 0. The predicted octanol–water partition coefficient (Wildman–Crippen LogP) is 12.2. The van der Waals surface area contributed by atoms with Gasteiger partial charge in [0.05, 0.1) is 13.4 Å². The van der Waals surface area contributed by atoms with Crippen molar-refractivity contribution in [1.29, 1.82) is 0 Å². The molecule has 0 amide bonds. The van der Waals surface area contributed by atoms with E-state index < -0.39 is 7.82 Å². The summed E-state index contributed by atoms with van der Waals surface area (Å²) < 4.78 is 37.4. The molecule has 32 heavy (non-hydrogen) atoms. The fourth-order valence-electron chi connectivity index (χ4n) is 2.21. The quantitative estimate of drug-likeness (QED) is 0.182. The van der Waals surface area contributed by atoms with E-state index in [1.165, 1.54) is 0 Å². The van der Waals surface area contributed by atoms with E-state index in [1.807, 2.05) is 18.2 Å². The van der Waals surface area contributed by atoms with E-state index in [1.54, 1.807) is 18.2 Å². The van der Waals surface area contributed by atoms with Gasteiger partial charge in [0.15, 0.2) is 0 Å². The Labute approximate surface area is 259 Å². The van der Waals surface area contributed by atoms with Crippen LogP contribution in [0.25, 0.3) is 0 Å². The Bertz CT molecular complexity index is 1100. The van der Waals surface area contributed by atoms with Crippen molar-refractivity contribution >= 4 is 151 Å². The lowest BCUT2D eigenvalue weighted by molar-refractivity contribution is 0.296. The second kappa shape index (κ2) is 11.8. The van der Waals surface area contributed by atoms with Crippen LogP contribution in [0.2, 0.25) is 0 Å². The molecule has 0 spiro atoms. The van der Waals surface area contributed by atoms with E-state index in [0.29, 0.717) is 40.3 Å². The summed E-state index contributed by atoms with van der Waals surface area (Å²) >= 11 is 30.8. The molecule has 170 valence electrons. The molecule has 0 aliphatic rings. The Morgan fingerprint density at radius 1 is 0.469 bits per heavy atom. The first-order valence-electron chi connectivity index (χ1n) is 8.01. The van der Waals surface area contributed by atoms with Gasteiger partial charge in [-0.05, 0) is 132 Å². The van der Waals surface area contributed by atoms with Gasteiger partial charge in [-0.2, -0.15) is 4.57 Å². The normalized spacial score (nSPS) is 11.4. The molecule has 3 rings (SSSR count). The number of hydrogen-bond acceptors (Lipinski definition) is 4. The molecular formula is C18H6Br9O4P. The Hall–Kier alpha value is 1.61. The summed E-state index contributed by atoms with van der Waals surface area (Å²) in [4.78, 5) is 0. The van der Waals surface area contributed by atoms with E-state index >= 15 is 0 Å². The Morgan fingerprint density at radius 3 is 0.969 bits per heavy atom. The van der Waals surface area contributed by atoms with Crippen molar-refractivity contribution in [2.75, 3.05) is 0 Å². The van der Waals surface area contributed by atoms with E-state index in [0.717, 1.165) is 0 Å². The minimum atomic E-state index is -4.30. The van der Waals surface area contributed by atoms with Gasteiger partial charge in [-0.1, -0.05) is 47.8 Å². The van der Waals surface area contributed by atoms with Gasteiger partial charge in [0.1, 0.15) is 17.2 Å². The second-order valence-corrected chi connectivity index (χ2v) is 15.0. The summed E-state index contributed by atoms with van der Waals surface area (Å²) in [7, 11) is -4.30. The maximum absolute atomic E-state index is 14.0. The lowest BCUT2D eigenvalue weighted by Crippen LogP contribution is -2.09. The van der Waals surface area contributed by atoms with Crippen molar-refractivity contribution < 1.29 is 18.1 Å². The molecule has 0 aromatic heterocycles. The van der Waals surface area contributed by atoms with Crippen LogP contribution in [-0.2, 0) is 4.57 Å². The molecule has 0 bridgehead atoms. The zero-order valence-corrected chi connectivity index (χ0v) is 30.1. The average molecular weight is 1040 g/mol. The van der Waals surface area contributed by atoms with Gasteiger partial charge >= 0.3 is 7.82 Å². The van der Waals surface area contributed by atoms with Gasteiger partial charge in [0, 0.05) is 26.8 Å². The third-order valence-electron chi connectivity index (χ3n) is 3.51. The van der Waals surface area contributed by atoms with Crippen LogP contribution in [0, 0.1) is 0 Å². The maximum atomic E-state index is 14.0. The number of hydrogen-bond donors (Lipinski definition) is 0. The molecule has 3 aromatic rings. The molecule has 0 aliphatic heterocycles. The van der Waals surface area contributed by atoms with Gasteiger partial charge in [-0.3, -0.25) is 0 Å². The fraction of sp³-hybridized carbons (Fsp3) is 0. The van der Waals surface area contributed by atoms with Crippen LogP contribution >= 0.6 is 151 Å². The van der Waals surface area contributed by atoms with Crippen LogP contribution in [0.1, 0.15) is 0 Å². The van der Waals surface area contributed by atoms with Gasteiger partial charge in [0.2, 0.25) is 0 Å². The van der Waals surface area contributed by atoms with Crippen LogP contribution in [0.15, 0.2) is 76.7 Å². The molecule has 14 heteroatoms. The van der Waals surface area contributed by atoms with Crippen molar-refractivity contribution in [1.82, 2.24) is 0 Å². The smallest absolute Gasteiger partial charge is 0.385 e. The monoisotopic (exact) mass is 1030 g/mol. The van der Waals surface area contributed by atoms with Crippen LogP contribution in [-0.4, -0.2) is 0 Å². The minimum Gasteiger partial charge on any atom is -0.385 e. The van der Waals surface area contributed by atoms with E-state index in [2.05, 4.69) is 143 Å². The minimum absolute atomic E-state index is 0.241. The maximum Gasteiger partial charge on any atom is 0.647 e. The lowest BCUT2D eigenvalue weighted by atomic mass is 10.3. The van der Waals surface area contributed by atoms with Gasteiger partial charge in [-0.15, -0.1) is 0 Å². The summed E-state index contributed by atoms with van der Waals surface area (Å²) in [5.74, 6) is 0.722. The number of benzene rings is 3. The third kappa shape index (κ3) is 7.09. The molecule has 0 aliphatic carbocycles. The average Bonchev–Trinajstić information content (AvgIpc) is 2.67. The van der Waals surface area contributed by atoms with Crippen LogP contribution in [0.4, 0.5) is 0 Å². The molecule has 0 N–H and O–H groups in total. The molecule has 0 fully saturated rings. The zero-order valence-electron chi connectivity index (χ0n) is 14.9. The van der Waals surface area contributed by atoms with Crippen LogP contribution < -0.4 is 13.6 Å². The molecule has 0 atom stereocenters. The molecule has 0 saturated carbocycles. The summed E-state index contributed by atoms with van der Waals surface area (Å²) in [6, 6.07) is 10.4. The number of phosphoric ester groups is 1. The van der Waals surface area contributed by atoms with Gasteiger partial charge < -0.3 is 13.6 Å². The first-order chi connectivity index (χ1) is 14.9. The molecule has 0 radical (unpaired) electrons. The zero-order chi connectivity index (χ0) is 23.8. The highest BCUT2D eigenvalue weighted by Gasteiger charge is 2.36. The summed E-state index contributed by atoms with van der Waals surface area (Å²) in [5, 5.41) is 0. The van der Waals surface area contributed by atoms with Crippen molar-refractivity contribution in [3.05, 3.63) is 76.7 Å². The topological polar surface area (TPSA) is 44.8 Å². The van der Waals surface area contributed by atoms with Crippen LogP contribution in [0.3, 0.4) is 0 Å². The first kappa shape index (κ1) is 28.2. The SMILES string of the molecule is O=P(Oc1cc(Br)cc(Br)c1Br)(Oc1cc(Br)cc(Br)c1Br)Oc1cc(Br)cc(Br)c1Br. The van der Waals surface area contributed by atoms with E-state index in [-0.39, 0.29) is 17.2 Å². The van der Waals surface area contributed by atoms with Crippen molar-refractivity contribution in [2.45, 2.75) is 0 Å². The molecule has 3 aromatic carbocycles. The summed E-state index contributed by atoms with van der Waals surface area (Å²) in [6.07, 6.45) is 0. The number of halogens is 9. The summed E-state index contributed by atoms with van der Waals surface area (Å²) in [5.41, 5.74) is 0. The van der Waals surface area contributed by atoms with Crippen molar-refractivity contribution in [3.63, 3.8) is 0 Å².